The Balaban J connectivity index is 1.72. The third kappa shape index (κ3) is 4.11. The van der Waals surface area contributed by atoms with Crippen molar-refractivity contribution in [1.82, 2.24) is 24.9 Å². The molecule has 1 atom stereocenters. The van der Waals surface area contributed by atoms with E-state index in [1.54, 1.807) is 18.2 Å². The number of nitrogens with one attached hydrogen (secondary N) is 1. The summed E-state index contributed by atoms with van der Waals surface area (Å²) in [6, 6.07) is 15.5. The molecule has 0 saturated heterocycles. The zero-order valence-electron chi connectivity index (χ0n) is 17.0. The predicted octanol–water partition coefficient (Wildman–Crippen LogP) is 3.89. The number of nitro groups is 1. The van der Waals surface area contributed by atoms with Gasteiger partial charge in [0.05, 0.1) is 16.7 Å². The van der Waals surface area contributed by atoms with Crippen LogP contribution in [0.3, 0.4) is 0 Å². The first-order valence-electron chi connectivity index (χ1n) is 9.79. The lowest BCUT2D eigenvalue weighted by molar-refractivity contribution is -0.384. The number of hydrogen-bond donors (Lipinski definition) is 1. The highest BCUT2D eigenvalue weighted by Gasteiger charge is 2.20. The van der Waals surface area contributed by atoms with Crippen LogP contribution in [0.4, 0.5) is 5.69 Å². The Morgan fingerprint density at radius 3 is 2.68 bits per heavy atom. The highest BCUT2D eigenvalue weighted by Crippen LogP contribution is 2.24. The molecule has 31 heavy (non-hydrogen) atoms. The van der Waals surface area contributed by atoms with Crippen LogP contribution in [-0.2, 0) is 0 Å². The Morgan fingerprint density at radius 2 is 1.97 bits per heavy atom. The quantitative estimate of drug-likeness (QED) is 0.377. The zero-order valence-corrected chi connectivity index (χ0v) is 17.0. The predicted molar refractivity (Wildman–Crippen MR) is 115 cm³/mol. The Labute approximate surface area is 177 Å². The average molecular weight is 416 g/mol. The monoisotopic (exact) mass is 416 g/mol. The topological polar surface area (TPSA) is 115 Å². The molecule has 0 fully saturated rings. The second kappa shape index (κ2) is 8.31. The van der Waals surface area contributed by atoms with Gasteiger partial charge < -0.3 is 5.32 Å². The molecule has 0 radical (unpaired) electrons. The van der Waals surface area contributed by atoms with E-state index < -0.39 is 4.92 Å². The minimum Gasteiger partial charge on any atom is -0.344 e. The third-order valence-corrected chi connectivity index (χ3v) is 5.03. The number of aromatic nitrogens is 4. The van der Waals surface area contributed by atoms with Crippen molar-refractivity contribution in [2.75, 3.05) is 0 Å². The number of amides is 1. The second-order valence-corrected chi connectivity index (χ2v) is 7.15. The molecular weight excluding hydrogens is 396 g/mol. The minimum atomic E-state index is -0.472. The van der Waals surface area contributed by atoms with Crippen molar-refractivity contribution in [3.63, 3.8) is 0 Å². The van der Waals surface area contributed by atoms with Gasteiger partial charge in [0.1, 0.15) is 12.0 Å². The highest BCUT2D eigenvalue weighted by atomic mass is 16.6. The molecule has 4 aromatic rings. The van der Waals surface area contributed by atoms with Gasteiger partial charge in [-0.1, -0.05) is 48.9 Å². The lowest BCUT2D eigenvalue weighted by Crippen LogP contribution is -2.30. The molecule has 0 aliphatic rings. The van der Waals surface area contributed by atoms with Gasteiger partial charge in [0, 0.05) is 17.7 Å². The second-order valence-electron chi connectivity index (χ2n) is 7.15. The van der Waals surface area contributed by atoms with E-state index in [0.29, 0.717) is 17.7 Å². The fourth-order valence-electron chi connectivity index (χ4n) is 3.35. The van der Waals surface area contributed by atoms with Gasteiger partial charge in [-0.05, 0) is 25.0 Å². The van der Waals surface area contributed by atoms with Crippen molar-refractivity contribution in [3.8, 4) is 11.3 Å². The van der Waals surface area contributed by atoms with Crippen LogP contribution in [0.25, 0.3) is 17.0 Å². The van der Waals surface area contributed by atoms with Gasteiger partial charge in [-0.15, -0.1) is 0 Å². The third-order valence-electron chi connectivity index (χ3n) is 5.03. The van der Waals surface area contributed by atoms with E-state index in [0.717, 1.165) is 11.1 Å². The summed E-state index contributed by atoms with van der Waals surface area (Å²) in [6.45, 7) is 4.01. The van der Waals surface area contributed by atoms with Gasteiger partial charge in [0.25, 0.3) is 17.4 Å². The Morgan fingerprint density at radius 1 is 1.19 bits per heavy atom. The van der Waals surface area contributed by atoms with Crippen LogP contribution in [0.2, 0.25) is 0 Å². The average Bonchev–Trinajstić information content (AvgIpc) is 3.26. The summed E-state index contributed by atoms with van der Waals surface area (Å²) in [6.07, 6.45) is 2.02. The van der Waals surface area contributed by atoms with Gasteiger partial charge in [-0.25, -0.2) is 4.98 Å². The van der Waals surface area contributed by atoms with E-state index in [1.807, 2.05) is 38.1 Å². The molecule has 1 N–H and O–H groups in total. The summed E-state index contributed by atoms with van der Waals surface area (Å²) >= 11 is 0. The molecule has 156 valence electrons. The van der Waals surface area contributed by atoms with Crippen molar-refractivity contribution in [3.05, 3.63) is 87.9 Å². The van der Waals surface area contributed by atoms with Gasteiger partial charge in [0.2, 0.25) is 0 Å². The maximum absolute atomic E-state index is 13.2. The van der Waals surface area contributed by atoms with Crippen molar-refractivity contribution in [2.45, 2.75) is 26.3 Å². The van der Waals surface area contributed by atoms with E-state index in [4.69, 9.17) is 0 Å². The van der Waals surface area contributed by atoms with E-state index in [9.17, 15) is 14.9 Å². The van der Waals surface area contributed by atoms with Crippen LogP contribution in [-0.4, -0.2) is 30.4 Å². The van der Waals surface area contributed by atoms with Crippen molar-refractivity contribution in [1.29, 1.82) is 0 Å². The molecule has 0 unspecified atom stereocenters. The summed E-state index contributed by atoms with van der Waals surface area (Å²) < 4.78 is 1.36. The van der Waals surface area contributed by atoms with E-state index in [1.165, 1.54) is 23.0 Å². The number of fused-ring (bicyclic) bond motifs is 1. The number of nitro benzene ring substituents is 1. The fraction of sp³-hybridized carbons (Fsp3) is 0.182. The van der Waals surface area contributed by atoms with E-state index >= 15 is 0 Å². The molecule has 9 heteroatoms. The maximum Gasteiger partial charge on any atom is 0.270 e. The number of rotatable bonds is 6. The lowest BCUT2D eigenvalue weighted by Gasteiger charge is -2.18. The first-order valence-corrected chi connectivity index (χ1v) is 9.79. The molecule has 0 saturated carbocycles. The summed E-state index contributed by atoms with van der Waals surface area (Å²) in [7, 11) is 0. The number of aryl methyl sites for hydroxylation is 1. The van der Waals surface area contributed by atoms with Crippen LogP contribution < -0.4 is 5.32 Å². The van der Waals surface area contributed by atoms with E-state index in [-0.39, 0.29) is 29.1 Å². The number of carbonyl (C=O) groups is 1. The molecule has 0 spiro atoms. The molecule has 2 heterocycles. The van der Waals surface area contributed by atoms with Gasteiger partial charge >= 0.3 is 0 Å². The van der Waals surface area contributed by atoms with Crippen LogP contribution in [0, 0.1) is 17.0 Å². The number of carbonyl (C=O) groups excluding carboxylic acids is 1. The summed E-state index contributed by atoms with van der Waals surface area (Å²) in [5, 5.41) is 18.3. The number of benzene rings is 2. The van der Waals surface area contributed by atoms with Crippen LogP contribution >= 0.6 is 0 Å². The minimum absolute atomic E-state index is 0.0583. The summed E-state index contributed by atoms with van der Waals surface area (Å²) in [5.74, 6) is -0.102. The molecule has 4 rings (SSSR count). The molecule has 2 aromatic heterocycles. The van der Waals surface area contributed by atoms with E-state index in [2.05, 4.69) is 20.4 Å². The van der Waals surface area contributed by atoms with Gasteiger partial charge in [0.15, 0.2) is 0 Å². The molecule has 2 aromatic carbocycles. The molecule has 0 aliphatic heterocycles. The molecule has 0 aliphatic carbocycles. The summed E-state index contributed by atoms with van der Waals surface area (Å²) in [4.78, 5) is 32.4. The molecule has 1 amide bonds. The maximum atomic E-state index is 13.2. The zero-order chi connectivity index (χ0) is 22.0. The van der Waals surface area contributed by atoms with Crippen molar-refractivity contribution < 1.29 is 9.72 Å². The first kappa shape index (κ1) is 20.1. The van der Waals surface area contributed by atoms with Gasteiger partial charge in [-0.3, -0.25) is 14.9 Å². The largest absolute Gasteiger partial charge is 0.344 e. The Kier molecular flexibility index (Phi) is 5.40. The van der Waals surface area contributed by atoms with Crippen LogP contribution in [0.15, 0.2) is 60.9 Å². The molecular formula is C22H20N6O3. The van der Waals surface area contributed by atoms with Gasteiger partial charge in [-0.2, -0.15) is 14.6 Å². The van der Waals surface area contributed by atoms with Crippen LogP contribution in [0.5, 0.6) is 0 Å². The van der Waals surface area contributed by atoms with Crippen molar-refractivity contribution in [2.24, 2.45) is 0 Å². The summed E-state index contributed by atoms with van der Waals surface area (Å²) in [5.41, 5.74) is 3.25. The lowest BCUT2D eigenvalue weighted by atomic mass is 10.0. The normalized spacial score (nSPS) is 11.9. The Bertz CT molecular complexity index is 1270. The number of nitrogens with zero attached hydrogens (tertiary/aromatic N) is 5. The Hall–Kier alpha value is -4.14. The number of hydrogen-bond acceptors (Lipinski definition) is 6. The van der Waals surface area contributed by atoms with Crippen molar-refractivity contribution >= 4 is 17.4 Å². The standard InChI is InChI=1S/C22H20N6O3/c1-3-18(15-9-7-14(2)8-10-15)25-21(29)20-12-19(26-22-23-13-24-27(20)22)16-5-4-6-17(11-16)28(30)31/h4-13,18H,3H2,1-2H3,(H,25,29)/t18-/m0/s1. The van der Waals surface area contributed by atoms with Crippen LogP contribution in [0.1, 0.15) is 41.0 Å². The first-order chi connectivity index (χ1) is 15.0. The highest BCUT2D eigenvalue weighted by molar-refractivity contribution is 5.94. The SMILES string of the molecule is CC[C@H](NC(=O)c1cc(-c2cccc([N+](=O)[O-])c2)nc2ncnn12)c1ccc(C)cc1. The smallest absolute Gasteiger partial charge is 0.270 e. The number of non-ortho nitro benzene ring substituents is 1. The fourth-order valence-corrected chi connectivity index (χ4v) is 3.35. The molecule has 0 bridgehead atoms. The molecule has 9 nitrogen and oxygen atoms in total.